The Labute approximate surface area is 132 Å². The number of rotatable bonds is 3. The van der Waals surface area contributed by atoms with Crippen LogP contribution in [0.25, 0.3) is 0 Å². The summed E-state index contributed by atoms with van der Waals surface area (Å²) in [6.45, 7) is 5.88. The van der Waals surface area contributed by atoms with Gasteiger partial charge in [-0.05, 0) is 59.7 Å². The van der Waals surface area contributed by atoms with Crippen LogP contribution in [0.3, 0.4) is 0 Å². The zero-order chi connectivity index (χ0) is 14.0. The molecule has 0 aromatic heterocycles. The summed E-state index contributed by atoms with van der Waals surface area (Å²) in [7, 11) is 0. The minimum Gasteiger partial charge on any atom is -0.325 e. The molecule has 19 heavy (non-hydrogen) atoms. The molecule has 1 unspecified atom stereocenters. The standard InChI is InChI=1S/C14H18ClIN2O/c1-9(2)14(5-6-17-8-14)13(19)18-12-4-3-10(15)7-11(12)16/h3-4,7,9,17H,5-6,8H2,1-2H3,(H,18,19). The van der Waals surface area contributed by atoms with Crippen LogP contribution < -0.4 is 10.6 Å². The normalized spacial score (nSPS) is 22.8. The Bertz CT molecular complexity index is 484. The molecule has 1 aliphatic rings. The number of anilines is 1. The predicted molar refractivity (Wildman–Crippen MR) is 87.6 cm³/mol. The second-order valence-electron chi connectivity index (χ2n) is 5.32. The van der Waals surface area contributed by atoms with E-state index in [0.717, 1.165) is 28.8 Å². The van der Waals surface area contributed by atoms with Gasteiger partial charge in [-0.3, -0.25) is 4.79 Å². The van der Waals surface area contributed by atoms with Gasteiger partial charge >= 0.3 is 0 Å². The predicted octanol–water partition coefficient (Wildman–Crippen LogP) is 3.52. The van der Waals surface area contributed by atoms with Crippen molar-refractivity contribution in [1.82, 2.24) is 5.32 Å². The largest absolute Gasteiger partial charge is 0.325 e. The quantitative estimate of drug-likeness (QED) is 0.773. The third-order valence-corrected chi connectivity index (χ3v) is 5.05. The Morgan fingerprint density at radius 3 is 2.79 bits per heavy atom. The summed E-state index contributed by atoms with van der Waals surface area (Å²) in [5, 5.41) is 7.04. The molecule has 1 aliphatic heterocycles. The maximum atomic E-state index is 12.6. The van der Waals surface area contributed by atoms with Gasteiger partial charge in [-0.2, -0.15) is 0 Å². The van der Waals surface area contributed by atoms with Gasteiger partial charge in [0.05, 0.1) is 11.1 Å². The molecule has 1 amide bonds. The van der Waals surface area contributed by atoms with Gasteiger partial charge in [-0.1, -0.05) is 25.4 Å². The first-order valence-corrected chi connectivity index (χ1v) is 7.88. The van der Waals surface area contributed by atoms with E-state index in [-0.39, 0.29) is 11.3 Å². The van der Waals surface area contributed by atoms with Crippen molar-refractivity contribution in [3.63, 3.8) is 0 Å². The molecule has 1 heterocycles. The van der Waals surface area contributed by atoms with E-state index in [1.165, 1.54) is 0 Å². The molecule has 1 aromatic rings. The number of carbonyl (C=O) groups excluding carboxylic acids is 1. The Morgan fingerprint density at radius 2 is 2.26 bits per heavy atom. The Kier molecular flexibility index (Phi) is 4.74. The molecule has 0 bridgehead atoms. The summed E-state index contributed by atoms with van der Waals surface area (Å²) in [5.41, 5.74) is 0.532. The fraction of sp³-hybridized carbons (Fsp3) is 0.500. The molecular formula is C14H18ClIN2O. The second kappa shape index (κ2) is 5.97. The van der Waals surface area contributed by atoms with E-state index in [0.29, 0.717) is 10.9 Å². The number of halogens is 2. The van der Waals surface area contributed by atoms with Crippen LogP contribution in [0.2, 0.25) is 5.02 Å². The molecule has 5 heteroatoms. The highest BCUT2D eigenvalue weighted by Crippen LogP contribution is 2.36. The van der Waals surface area contributed by atoms with E-state index in [1.807, 2.05) is 12.1 Å². The second-order valence-corrected chi connectivity index (χ2v) is 6.91. The Hall–Kier alpha value is -0.330. The Balaban J connectivity index is 2.20. The van der Waals surface area contributed by atoms with E-state index in [2.05, 4.69) is 47.1 Å². The first kappa shape index (κ1) is 15.1. The average Bonchev–Trinajstić information content (AvgIpc) is 2.83. The lowest BCUT2D eigenvalue weighted by molar-refractivity contribution is -0.126. The van der Waals surface area contributed by atoms with E-state index >= 15 is 0 Å². The number of hydrogen-bond donors (Lipinski definition) is 2. The highest BCUT2D eigenvalue weighted by atomic mass is 127. The number of hydrogen-bond acceptors (Lipinski definition) is 2. The molecule has 1 aromatic carbocycles. The molecule has 104 valence electrons. The summed E-state index contributed by atoms with van der Waals surface area (Å²) in [5.74, 6) is 0.417. The van der Waals surface area contributed by atoms with Crippen LogP contribution in [0.15, 0.2) is 18.2 Å². The molecule has 0 radical (unpaired) electrons. The van der Waals surface area contributed by atoms with Crippen LogP contribution in [-0.4, -0.2) is 19.0 Å². The van der Waals surface area contributed by atoms with Gasteiger partial charge in [0, 0.05) is 15.1 Å². The Morgan fingerprint density at radius 1 is 1.53 bits per heavy atom. The molecule has 0 spiro atoms. The summed E-state index contributed by atoms with van der Waals surface area (Å²) in [6, 6.07) is 5.51. The highest BCUT2D eigenvalue weighted by Gasteiger charge is 2.43. The monoisotopic (exact) mass is 392 g/mol. The lowest BCUT2D eigenvalue weighted by Gasteiger charge is -2.31. The molecule has 1 saturated heterocycles. The SMILES string of the molecule is CC(C)C1(C(=O)Nc2ccc(Cl)cc2I)CCNC1. The summed E-state index contributed by atoms with van der Waals surface area (Å²) >= 11 is 8.12. The topological polar surface area (TPSA) is 41.1 Å². The smallest absolute Gasteiger partial charge is 0.232 e. The maximum absolute atomic E-state index is 12.6. The fourth-order valence-electron chi connectivity index (χ4n) is 2.50. The van der Waals surface area contributed by atoms with Gasteiger partial charge in [0.25, 0.3) is 0 Å². The van der Waals surface area contributed by atoms with Crippen LogP contribution in [0.5, 0.6) is 0 Å². The third kappa shape index (κ3) is 3.06. The minimum atomic E-state index is -0.303. The summed E-state index contributed by atoms with van der Waals surface area (Å²) < 4.78 is 0.961. The van der Waals surface area contributed by atoms with Crippen LogP contribution in [0, 0.1) is 14.9 Å². The van der Waals surface area contributed by atoms with Crippen molar-refractivity contribution in [2.45, 2.75) is 20.3 Å². The number of carbonyl (C=O) groups is 1. The van der Waals surface area contributed by atoms with Crippen molar-refractivity contribution in [2.75, 3.05) is 18.4 Å². The average molecular weight is 393 g/mol. The molecule has 2 rings (SSSR count). The van der Waals surface area contributed by atoms with Crippen LogP contribution in [-0.2, 0) is 4.79 Å². The van der Waals surface area contributed by atoms with Crippen LogP contribution in [0.4, 0.5) is 5.69 Å². The zero-order valence-electron chi connectivity index (χ0n) is 11.1. The maximum Gasteiger partial charge on any atom is 0.232 e. The molecule has 1 fully saturated rings. The third-order valence-electron chi connectivity index (χ3n) is 3.93. The zero-order valence-corrected chi connectivity index (χ0v) is 14.0. The van der Waals surface area contributed by atoms with Crippen LogP contribution >= 0.6 is 34.2 Å². The molecular weight excluding hydrogens is 375 g/mol. The summed E-state index contributed by atoms with van der Waals surface area (Å²) in [6.07, 6.45) is 0.890. The van der Waals surface area contributed by atoms with Crippen molar-refractivity contribution < 1.29 is 4.79 Å². The number of amides is 1. The first-order chi connectivity index (χ1) is 8.95. The molecule has 0 saturated carbocycles. The van der Waals surface area contributed by atoms with Gasteiger partial charge < -0.3 is 10.6 Å². The van der Waals surface area contributed by atoms with Crippen molar-refractivity contribution in [1.29, 1.82) is 0 Å². The molecule has 1 atom stereocenters. The number of nitrogens with one attached hydrogen (secondary N) is 2. The fourth-order valence-corrected chi connectivity index (χ4v) is 3.50. The first-order valence-electron chi connectivity index (χ1n) is 6.43. The molecule has 3 nitrogen and oxygen atoms in total. The minimum absolute atomic E-state index is 0.104. The van der Waals surface area contributed by atoms with Crippen LogP contribution in [0.1, 0.15) is 20.3 Å². The molecule has 2 N–H and O–H groups in total. The van der Waals surface area contributed by atoms with Crippen molar-refractivity contribution in [3.8, 4) is 0 Å². The van der Waals surface area contributed by atoms with Crippen molar-refractivity contribution >= 4 is 45.8 Å². The lowest BCUT2D eigenvalue weighted by Crippen LogP contribution is -2.42. The van der Waals surface area contributed by atoms with Gasteiger partial charge in [0.1, 0.15) is 0 Å². The van der Waals surface area contributed by atoms with Gasteiger partial charge in [0.2, 0.25) is 5.91 Å². The molecule has 0 aliphatic carbocycles. The summed E-state index contributed by atoms with van der Waals surface area (Å²) in [4.78, 5) is 12.6. The van der Waals surface area contributed by atoms with E-state index in [4.69, 9.17) is 11.6 Å². The van der Waals surface area contributed by atoms with E-state index in [9.17, 15) is 4.79 Å². The van der Waals surface area contributed by atoms with E-state index in [1.54, 1.807) is 6.07 Å². The number of benzene rings is 1. The highest BCUT2D eigenvalue weighted by molar-refractivity contribution is 14.1. The van der Waals surface area contributed by atoms with Gasteiger partial charge in [-0.25, -0.2) is 0 Å². The van der Waals surface area contributed by atoms with E-state index < -0.39 is 0 Å². The lowest BCUT2D eigenvalue weighted by atomic mass is 9.75. The van der Waals surface area contributed by atoms with Crippen molar-refractivity contribution in [3.05, 3.63) is 26.8 Å². The van der Waals surface area contributed by atoms with Gasteiger partial charge in [0.15, 0.2) is 0 Å². The van der Waals surface area contributed by atoms with Gasteiger partial charge in [-0.15, -0.1) is 0 Å². The van der Waals surface area contributed by atoms with Crippen molar-refractivity contribution in [2.24, 2.45) is 11.3 Å².